The fourth-order valence-electron chi connectivity index (χ4n) is 2.80. The molecule has 0 aromatic carbocycles. The van der Waals surface area contributed by atoms with E-state index in [1.54, 1.807) is 6.07 Å². The van der Waals surface area contributed by atoms with Crippen LogP contribution in [-0.2, 0) is 13.0 Å². The third-order valence-electron chi connectivity index (χ3n) is 4.10. The van der Waals surface area contributed by atoms with Crippen molar-refractivity contribution >= 4 is 11.5 Å². The topological polar surface area (TPSA) is 101 Å². The van der Waals surface area contributed by atoms with Gasteiger partial charge in [-0.3, -0.25) is 15.0 Å². The van der Waals surface area contributed by atoms with E-state index in [0.717, 1.165) is 44.0 Å². The summed E-state index contributed by atoms with van der Waals surface area (Å²) in [7, 11) is 0. The summed E-state index contributed by atoms with van der Waals surface area (Å²) in [6, 6.07) is 1.57. The summed E-state index contributed by atoms with van der Waals surface area (Å²) in [4.78, 5) is 23.4. The van der Waals surface area contributed by atoms with Crippen molar-refractivity contribution in [2.45, 2.75) is 26.8 Å². The number of rotatable bonds is 5. The number of anilines is 1. The Bertz CT molecular complexity index is 724. The van der Waals surface area contributed by atoms with Crippen molar-refractivity contribution in [3.63, 3.8) is 0 Å². The summed E-state index contributed by atoms with van der Waals surface area (Å²) >= 11 is 0. The summed E-state index contributed by atoms with van der Waals surface area (Å²) in [6.07, 6.45) is 2.06. The standard InChI is InChI=1S/C15H20N6O3/c1-3-14-17-13(18-24-14)10-19-4-6-20(7-5-19)15-11(2)8-12(9-16-15)21(22)23/h8-9H,3-7,10H2,1-2H3. The lowest BCUT2D eigenvalue weighted by Gasteiger charge is -2.35. The molecule has 9 nitrogen and oxygen atoms in total. The molecule has 0 radical (unpaired) electrons. The van der Waals surface area contributed by atoms with Crippen LogP contribution in [0.5, 0.6) is 0 Å². The van der Waals surface area contributed by atoms with E-state index >= 15 is 0 Å². The van der Waals surface area contributed by atoms with Gasteiger partial charge in [0.2, 0.25) is 5.89 Å². The molecule has 128 valence electrons. The monoisotopic (exact) mass is 332 g/mol. The molecule has 0 unspecified atom stereocenters. The minimum Gasteiger partial charge on any atom is -0.354 e. The molecular formula is C15H20N6O3. The molecule has 24 heavy (non-hydrogen) atoms. The van der Waals surface area contributed by atoms with Crippen molar-refractivity contribution in [1.29, 1.82) is 0 Å². The van der Waals surface area contributed by atoms with E-state index < -0.39 is 4.92 Å². The van der Waals surface area contributed by atoms with Gasteiger partial charge in [0.05, 0.1) is 11.5 Å². The number of nitrogens with zero attached hydrogens (tertiary/aromatic N) is 6. The molecule has 0 N–H and O–H groups in total. The Morgan fingerprint density at radius 1 is 1.33 bits per heavy atom. The molecule has 1 aliphatic rings. The van der Waals surface area contributed by atoms with Gasteiger partial charge in [-0.15, -0.1) is 0 Å². The quantitative estimate of drug-likeness (QED) is 0.600. The molecule has 1 fully saturated rings. The van der Waals surface area contributed by atoms with Crippen LogP contribution in [0.1, 0.15) is 24.2 Å². The van der Waals surface area contributed by atoms with Crippen molar-refractivity contribution in [2.24, 2.45) is 0 Å². The number of aryl methyl sites for hydroxylation is 2. The fourth-order valence-corrected chi connectivity index (χ4v) is 2.80. The maximum atomic E-state index is 10.8. The normalized spacial score (nSPS) is 15.7. The molecule has 1 saturated heterocycles. The molecule has 9 heteroatoms. The molecule has 0 bridgehead atoms. The van der Waals surface area contributed by atoms with Crippen LogP contribution >= 0.6 is 0 Å². The predicted molar refractivity (Wildman–Crippen MR) is 86.8 cm³/mol. The van der Waals surface area contributed by atoms with Crippen LogP contribution in [-0.4, -0.2) is 51.1 Å². The van der Waals surface area contributed by atoms with Gasteiger partial charge in [0.1, 0.15) is 12.0 Å². The Kier molecular flexibility index (Phi) is 4.70. The van der Waals surface area contributed by atoms with Gasteiger partial charge in [0.25, 0.3) is 5.69 Å². The second-order valence-corrected chi connectivity index (χ2v) is 5.81. The first kappa shape index (κ1) is 16.3. The Morgan fingerprint density at radius 3 is 2.67 bits per heavy atom. The average molecular weight is 332 g/mol. The van der Waals surface area contributed by atoms with Gasteiger partial charge >= 0.3 is 0 Å². The highest BCUT2D eigenvalue weighted by atomic mass is 16.6. The molecular weight excluding hydrogens is 312 g/mol. The first-order valence-corrected chi connectivity index (χ1v) is 7.96. The molecule has 1 aliphatic heterocycles. The van der Waals surface area contributed by atoms with E-state index in [2.05, 4.69) is 24.9 Å². The van der Waals surface area contributed by atoms with E-state index in [1.165, 1.54) is 6.20 Å². The van der Waals surface area contributed by atoms with Gasteiger partial charge in [-0.1, -0.05) is 12.1 Å². The molecule has 0 amide bonds. The SMILES string of the molecule is CCc1nc(CN2CCN(c3ncc([N+](=O)[O-])cc3C)CC2)no1. The Balaban J connectivity index is 1.59. The van der Waals surface area contributed by atoms with Crippen LogP contribution in [0.4, 0.5) is 11.5 Å². The van der Waals surface area contributed by atoms with E-state index in [9.17, 15) is 10.1 Å². The van der Waals surface area contributed by atoms with E-state index in [-0.39, 0.29) is 5.69 Å². The fraction of sp³-hybridized carbons (Fsp3) is 0.533. The summed E-state index contributed by atoms with van der Waals surface area (Å²) in [6.45, 7) is 7.84. The van der Waals surface area contributed by atoms with Crippen molar-refractivity contribution in [3.8, 4) is 0 Å². The highest BCUT2D eigenvalue weighted by molar-refractivity contribution is 5.50. The molecule has 2 aromatic rings. The van der Waals surface area contributed by atoms with Crippen molar-refractivity contribution in [2.75, 3.05) is 31.1 Å². The Morgan fingerprint density at radius 2 is 2.08 bits per heavy atom. The summed E-state index contributed by atoms with van der Waals surface area (Å²) in [5.41, 5.74) is 0.849. The van der Waals surface area contributed by atoms with Crippen LogP contribution < -0.4 is 4.90 Å². The van der Waals surface area contributed by atoms with Crippen LogP contribution in [0, 0.1) is 17.0 Å². The maximum Gasteiger partial charge on any atom is 0.287 e. The summed E-state index contributed by atoms with van der Waals surface area (Å²) in [5, 5.41) is 14.8. The number of hydrogen-bond acceptors (Lipinski definition) is 8. The van der Waals surface area contributed by atoms with Gasteiger partial charge in [0, 0.05) is 38.7 Å². The smallest absolute Gasteiger partial charge is 0.287 e. The van der Waals surface area contributed by atoms with E-state index in [0.29, 0.717) is 18.3 Å². The zero-order chi connectivity index (χ0) is 17.1. The molecule has 0 atom stereocenters. The van der Waals surface area contributed by atoms with Crippen LogP contribution in [0.15, 0.2) is 16.8 Å². The number of nitro groups is 1. The van der Waals surface area contributed by atoms with Gasteiger partial charge < -0.3 is 9.42 Å². The molecule has 3 rings (SSSR count). The second-order valence-electron chi connectivity index (χ2n) is 5.81. The lowest BCUT2D eigenvalue weighted by Crippen LogP contribution is -2.46. The molecule has 0 aliphatic carbocycles. The molecule has 0 saturated carbocycles. The number of aromatic nitrogens is 3. The summed E-state index contributed by atoms with van der Waals surface area (Å²) in [5.74, 6) is 2.19. The Hall–Kier alpha value is -2.55. The number of piperazine rings is 1. The predicted octanol–water partition coefficient (Wildman–Crippen LogP) is 1.57. The Labute approximate surface area is 139 Å². The lowest BCUT2D eigenvalue weighted by atomic mass is 10.2. The van der Waals surface area contributed by atoms with Crippen molar-refractivity contribution < 1.29 is 9.45 Å². The van der Waals surface area contributed by atoms with Crippen LogP contribution in [0.25, 0.3) is 0 Å². The van der Waals surface area contributed by atoms with Gasteiger partial charge in [-0.05, 0) is 12.5 Å². The third-order valence-corrected chi connectivity index (χ3v) is 4.10. The van der Waals surface area contributed by atoms with Crippen LogP contribution in [0.3, 0.4) is 0 Å². The zero-order valence-electron chi connectivity index (χ0n) is 13.8. The molecule has 3 heterocycles. The minimum atomic E-state index is -0.419. The van der Waals surface area contributed by atoms with Crippen molar-refractivity contribution in [3.05, 3.63) is 39.7 Å². The van der Waals surface area contributed by atoms with E-state index in [1.807, 2.05) is 13.8 Å². The first-order valence-electron chi connectivity index (χ1n) is 7.96. The van der Waals surface area contributed by atoms with Gasteiger partial charge in [-0.2, -0.15) is 4.98 Å². The third kappa shape index (κ3) is 3.51. The molecule has 2 aromatic heterocycles. The highest BCUT2D eigenvalue weighted by Gasteiger charge is 2.22. The second kappa shape index (κ2) is 6.91. The van der Waals surface area contributed by atoms with E-state index in [4.69, 9.17) is 4.52 Å². The largest absolute Gasteiger partial charge is 0.354 e. The van der Waals surface area contributed by atoms with Crippen molar-refractivity contribution in [1.82, 2.24) is 20.0 Å². The highest BCUT2D eigenvalue weighted by Crippen LogP contribution is 2.22. The summed E-state index contributed by atoms with van der Waals surface area (Å²) < 4.78 is 5.13. The number of hydrogen-bond donors (Lipinski definition) is 0. The van der Waals surface area contributed by atoms with Gasteiger partial charge in [-0.25, -0.2) is 4.98 Å². The lowest BCUT2D eigenvalue weighted by molar-refractivity contribution is -0.385. The van der Waals surface area contributed by atoms with Gasteiger partial charge in [0.15, 0.2) is 5.82 Å². The number of pyridine rings is 1. The zero-order valence-corrected chi connectivity index (χ0v) is 13.8. The molecule has 0 spiro atoms. The first-order chi connectivity index (χ1) is 11.6. The van der Waals surface area contributed by atoms with Crippen LogP contribution in [0.2, 0.25) is 0 Å². The average Bonchev–Trinajstić information content (AvgIpc) is 3.03. The maximum absolute atomic E-state index is 10.8. The minimum absolute atomic E-state index is 0.0266.